The van der Waals surface area contributed by atoms with Gasteiger partial charge < -0.3 is 26.0 Å². The number of nitrogens with zero attached hydrogens (tertiary/aromatic N) is 3. The molecule has 12 heteroatoms. The molecule has 2 aromatic heterocycles. The van der Waals surface area contributed by atoms with Gasteiger partial charge in [-0.2, -0.15) is 5.10 Å². The average molecular weight is 536 g/mol. The molecule has 1 aliphatic carbocycles. The van der Waals surface area contributed by atoms with Crippen LogP contribution >= 0.6 is 0 Å². The number of aryl methyl sites for hydroxylation is 1. The summed E-state index contributed by atoms with van der Waals surface area (Å²) in [6.07, 6.45) is 0.386. The molecule has 3 heterocycles. The Morgan fingerprint density at radius 3 is 2.53 bits per heavy atom. The molecule has 0 amide bonds. The van der Waals surface area contributed by atoms with Crippen LogP contribution < -0.4 is 11.1 Å². The molecule has 1 saturated heterocycles. The number of nitrogens with two attached hydrogens (primary N) is 1. The third kappa shape index (κ3) is 4.89. The van der Waals surface area contributed by atoms with E-state index in [0.717, 1.165) is 24.6 Å². The zero-order valence-electron chi connectivity index (χ0n) is 20.7. The summed E-state index contributed by atoms with van der Waals surface area (Å²) in [5.41, 5.74) is 4.08. The number of anilines is 1. The minimum absolute atomic E-state index is 0.0886. The minimum Gasteiger partial charge on any atom is -0.385 e. The van der Waals surface area contributed by atoms with Crippen molar-refractivity contribution in [1.29, 1.82) is 0 Å². The van der Waals surface area contributed by atoms with Gasteiger partial charge in [-0.1, -0.05) is 0 Å². The molecule has 2 aliphatic rings. The van der Waals surface area contributed by atoms with Gasteiger partial charge >= 0.3 is 0 Å². The van der Waals surface area contributed by atoms with Gasteiger partial charge in [0.15, 0.2) is 6.23 Å². The SMILES string of the molecule is Cn1ncc(NC(O)c2ccc(F)c(-c3c(F)cc(C4(O)CCC4)cc3F)n2)c1[C@@H]1CC[C@@H](N)[C@@H](F)CO1. The molecule has 5 rings (SSSR count). The first-order chi connectivity index (χ1) is 18.1. The first-order valence-corrected chi connectivity index (χ1v) is 12.4. The molecule has 5 N–H and O–H groups in total. The molecule has 1 saturated carbocycles. The van der Waals surface area contributed by atoms with Gasteiger partial charge in [-0.25, -0.2) is 22.5 Å². The Kier molecular flexibility index (Phi) is 7.16. The average Bonchev–Trinajstić information content (AvgIpc) is 3.13. The zero-order chi connectivity index (χ0) is 27.2. The van der Waals surface area contributed by atoms with Crippen molar-refractivity contribution in [3.05, 3.63) is 64.9 Å². The van der Waals surface area contributed by atoms with Gasteiger partial charge in [0.2, 0.25) is 0 Å². The van der Waals surface area contributed by atoms with E-state index >= 15 is 8.78 Å². The largest absolute Gasteiger partial charge is 0.385 e. The van der Waals surface area contributed by atoms with Crippen LogP contribution in [0.1, 0.15) is 61.4 Å². The molecule has 8 nitrogen and oxygen atoms in total. The Hall–Kier alpha value is -3.06. The highest BCUT2D eigenvalue weighted by atomic mass is 19.1. The summed E-state index contributed by atoms with van der Waals surface area (Å²) < 4.78 is 66.0. The normalized spacial score (nSPS) is 23.9. The molecule has 204 valence electrons. The molecule has 0 radical (unpaired) electrons. The van der Waals surface area contributed by atoms with Crippen molar-refractivity contribution in [1.82, 2.24) is 14.8 Å². The van der Waals surface area contributed by atoms with Crippen LogP contribution in [0.2, 0.25) is 0 Å². The number of aliphatic hydroxyl groups is 2. The predicted molar refractivity (Wildman–Crippen MR) is 130 cm³/mol. The molecule has 3 aromatic rings. The lowest BCUT2D eigenvalue weighted by Gasteiger charge is -2.37. The second-order valence-electron chi connectivity index (χ2n) is 9.96. The molecule has 2 fully saturated rings. The highest BCUT2D eigenvalue weighted by Gasteiger charge is 2.38. The van der Waals surface area contributed by atoms with Crippen LogP contribution in [0.15, 0.2) is 30.5 Å². The number of hydrogen-bond acceptors (Lipinski definition) is 7. The molecule has 4 atom stereocenters. The van der Waals surface area contributed by atoms with E-state index in [-0.39, 0.29) is 17.9 Å². The zero-order valence-corrected chi connectivity index (χ0v) is 20.7. The Balaban J connectivity index is 1.41. The lowest BCUT2D eigenvalue weighted by Crippen LogP contribution is -2.33. The number of hydrogen-bond donors (Lipinski definition) is 4. The van der Waals surface area contributed by atoms with Crippen LogP contribution in [0.3, 0.4) is 0 Å². The number of benzene rings is 1. The van der Waals surface area contributed by atoms with Crippen molar-refractivity contribution in [3.63, 3.8) is 0 Å². The number of aromatic nitrogens is 3. The van der Waals surface area contributed by atoms with Crippen molar-refractivity contribution in [2.24, 2.45) is 12.8 Å². The maximum atomic E-state index is 15.0. The Morgan fingerprint density at radius 1 is 1.16 bits per heavy atom. The maximum Gasteiger partial charge on any atom is 0.168 e. The third-order valence-corrected chi connectivity index (χ3v) is 7.41. The third-order valence-electron chi connectivity index (χ3n) is 7.41. The van der Waals surface area contributed by atoms with Gasteiger partial charge in [0.05, 0.1) is 41.0 Å². The van der Waals surface area contributed by atoms with Gasteiger partial charge in [-0.15, -0.1) is 0 Å². The minimum atomic E-state index is -1.51. The van der Waals surface area contributed by atoms with Crippen molar-refractivity contribution in [2.75, 3.05) is 11.9 Å². The second kappa shape index (κ2) is 10.3. The van der Waals surface area contributed by atoms with Gasteiger partial charge in [0.25, 0.3) is 0 Å². The second-order valence-corrected chi connectivity index (χ2v) is 9.96. The van der Waals surface area contributed by atoms with E-state index in [9.17, 15) is 19.0 Å². The molecule has 38 heavy (non-hydrogen) atoms. The number of nitrogens with one attached hydrogen (secondary N) is 1. The van der Waals surface area contributed by atoms with Crippen molar-refractivity contribution in [3.8, 4) is 11.3 Å². The lowest BCUT2D eigenvalue weighted by atomic mass is 9.75. The smallest absolute Gasteiger partial charge is 0.168 e. The number of pyridine rings is 1. The molecular weight excluding hydrogens is 506 g/mol. The van der Waals surface area contributed by atoms with Gasteiger partial charge in [-0.3, -0.25) is 4.68 Å². The summed E-state index contributed by atoms with van der Waals surface area (Å²) >= 11 is 0. The number of ether oxygens (including phenoxy) is 1. The molecule has 0 bridgehead atoms. The number of aliphatic hydroxyl groups excluding tert-OH is 1. The topological polar surface area (TPSA) is 118 Å². The van der Waals surface area contributed by atoms with Crippen molar-refractivity contribution < 1.29 is 32.5 Å². The number of halogens is 4. The fourth-order valence-corrected chi connectivity index (χ4v) is 4.97. The van der Waals surface area contributed by atoms with Crippen LogP contribution in [0.25, 0.3) is 11.3 Å². The summed E-state index contributed by atoms with van der Waals surface area (Å²) in [5.74, 6) is -3.13. The van der Waals surface area contributed by atoms with Gasteiger partial charge in [0.1, 0.15) is 35.4 Å². The Labute approximate surface area is 216 Å². The van der Waals surface area contributed by atoms with Crippen LogP contribution in [-0.4, -0.2) is 43.8 Å². The van der Waals surface area contributed by atoms with Crippen LogP contribution in [0.5, 0.6) is 0 Å². The Morgan fingerprint density at radius 2 is 1.87 bits per heavy atom. The van der Waals surface area contributed by atoms with E-state index in [2.05, 4.69) is 15.4 Å². The quantitative estimate of drug-likeness (QED) is 0.279. The van der Waals surface area contributed by atoms with E-state index in [0.29, 0.717) is 37.1 Å². The molecule has 0 spiro atoms. The van der Waals surface area contributed by atoms with Crippen molar-refractivity contribution in [2.45, 2.75) is 62.3 Å². The standard InChI is InChI=1S/C26H29F4N5O3/c1-35-24(21-6-4-18(31)17(30)12-38-21)20(11-32-35)34-25(36)19-5-3-14(27)23(33-19)22-15(28)9-13(10-16(22)29)26(37)7-2-8-26/h3,5,9-11,17-18,21,25,34,36-37H,2,4,6-8,12,31H2,1H3/t17-,18+,21-,25?/m0/s1. The molecule has 1 aromatic carbocycles. The van der Waals surface area contributed by atoms with E-state index in [1.165, 1.54) is 16.9 Å². The highest BCUT2D eigenvalue weighted by molar-refractivity contribution is 5.63. The van der Waals surface area contributed by atoms with Gasteiger partial charge in [0, 0.05) is 13.1 Å². The van der Waals surface area contributed by atoms with Crippen LogP contribution in [0.4, 0.5) is 23.2 Å². The summed E-state index contributed by atoms with van der Waals surface area (Å²) in [6.45, 7) is -0.185. The first-order valence-electron chi connectivity index (χ1n) is 12.4. The lowest BCUT2D eigenvalue weighted by molar-refractivity contribution is -0.0392. The Bertz CT molecular complexity index is 1300. The van der Waals surface area contributed by atoms with E-state index < -0.39 is 58.9 Å². The predicted octanol–water partition coefficient (Wildman–Crippen LogP) is 3.89. The monoisotopic (exact) mass is 535 g/mol. The fourth-order valence-electron chi connectivity index (χ4n) is 4.97. The van der Waals surface area contributed by atoms with Crippen LogP contribution in [-0.2, 0) is 17.4 Å². The van der Waals surface area contributed by atoms with E-state index in [1.54, 1.807) is 7.05 Å². The molecule has 1 unspecified atom stereocenters. The summed E-state index contributed by atoms with van der Waals surface area (Å²) in [7, 11) is 1.66. The van der Waals surface area contributed by atoms with E-state index in [4.69, 9.17) is 10.5 Å². The maximum absolute atomic E-state index is 15.0. The summed E-state index contributed by atoms with van der Waals surface area (Å²) in [6, 6.07) is 3.47. The summed E-state index contributed by atoms with van der Waals surface area (Å²) in [4.78, 5) is 4.02. The number of rotatable bonds is 6. The molecular formula is C26H29F4N5O3. The highest BCUT2D eigenvalue weighted by Crippen LogP contribution is 2.43. The fraction of sp³-hybridized carbons (Fsp3) is 0.462. The van der Waals surface area contributed by atoms with Gasteiger partial charge in [-0.05, 0) is 61.9 Å². The van der Waals surface area contributed by atoms with Crippen molar-refractivity contribution >= 4 is 5.69 Å². The first kappa shape index (κ1) is 26.5. The molecule has 1 aliphatic heterocycles. The van der Waals surface area contributed by atoms with E-state index in [1.807, 2.05) is 0 Å². The number of alkyl halides is 1. The summed E-state index contributed by atoms with van der Waals surface area (Å²) in [5, 5.41) is 28.3. The van der Waals surface area contributed by atoms with Crippen LogP contribution in [0, 0.1) is 17.5 Å².